The van der Waals surface area contributed by atoms with Gasteiger partial charge in [0.2, 0.25) is 0 Å². The number of halogens is 3. The Balaban J connectivity index is 1.39. The Bertz CT molecular complexity index is 1400. The van der Waals surface area contributed by atoms with E-state index < -0.39 is 23.8 Å². The highest BCUT2D eigenvalue weighted by atomic mass is 19.4. The molecule has 0 fully saturated rings. The minimum Gasteiger partial charge on any atom is -0.492 e. The summed E-state index contributed by atoms with van der Waals surface area (Å²) in [5.74, 6) is 0.639. The van der Waals surface area contributed by atoms with Crippen molar-refractivity contribution in [3.05, 3.63) is 88.0 Å². The molecule has 0 amide bonds. The lowest BCUT2D eigenvalue weighted by Crippen LogP contribution is -2.13. The maximum atomic E-state index is 14.0. The highest BCUT2D eigenvalue weighted by molar-refractivity contribution is 5.71. The van der Waals surface area contributed by atoms with Crippen LogP contribution >= 0.6 is 0 Å². The van der Waals surface area contributed by atoms with E-state index in [1.165, 1.54) is 20.1 Å². The van der Waals surface area contributed by atoms with Crippen LogP contribution in [0.25, 0.3) is 0 Å². The summed E-state index contributed by atoms with van der Waals surface area (Å²) >= 11 is 0. The van der Waals surface area contributed by atoms with E-state index in [2.05, 4.69) is 0 Å². The van der Waals surface area contributed by atoms with Crippen molar-refractivity contribution in [1.29, 1.82) is 0 Å². The minimum atomic E-state index is -4.50. The maximum Gasteiger partial charge on any atom is 0.416 e. The molecule has 6 nitrogen and oxygen atoms in total. The molecule has 9 heteroatoms. The predicted octanol–water partition coefficient (Wildman–Crippen LogP) is 6.33. The number of carbonyl (C=O) groups is 2. The van der Waals surface area contributed by atoms with Gasteiger partial charge in [-0.25, -0.2) is 0 Å². The standard InChI is InChI=1S/C30H27F3O6/c1-17(34)38-20-5-3-18(4-6-20)13-25-23-10-12-27(24(23)9-11-26(25)30(31,32)33)39-21-7-8-22-19(14-29(35)36-2)16-37-28(22)15-21/h3-9,11,15,19,27H,10,12-14,16H2,1-2H3/t19?,27-/m1/s1. The molecule has 1 aliphatic carbocycles. The highest BCUT2D eigenvalue weighted by Crippen LogP contribution is 2.44. The Kier molecular flexibility index (Phi) is 7.25. The molecule has 0 spiro atoms. The van der Waals surface area contributed by atoms with Gasteiger partial charge in [-0.15, -0.1) is 0 Å². The summed E-state index contributed by atoms with van der Waals surface area (Å²) in [5.41, 5.74) is 2.53. The molecule has 5 rings (SSSR count). The second kappa shape index (κ2) is 10.6. The Morgan fingerprint density at radius 2 is 1.72 bits per heavy atom. The van der Waals surface area contributed by atoms with Gasteiger partial charge in [0.05, 0.1) is 25.7 Å². The quantitative estimate of drug-likeness (QED) is 0.258. The Hall–Kier alpha value is -4.01. The second-order valence-electron chi connectivity index (χ2n) is 9.70. The van der Waals surface area contributed by atoms with Crippen molar-refractivity contribution in [3.63, 3.8) is 0 Å². The number of alkyl halides is 3. The van der Waals surface area contributed by atoms with Crippen LogP contribution in [0.15, 0.2) is 54.6 Å². The minimum absolute atomic E-state index is 0.0827. The number of benzene rings is 3. The van der Waals surface area contributed by atoms with E-state index in [4.69, 9.17) is 18.9 Å². The molecule has 1 aliphatic heterocycles. The molecule has 2 atom stereocenters. The van der Waals surface area contributed by atoms with Crippen LogP contribution in [0.4, 0.5) is 13.2 Å². The fourth-order valence-corrected chi connectivity index (χ4v) is 5.32. The average Bonchev–Trinajstić information content (AvgIpc) is 3.48. The normalized spacial score (nSPS) is 17.7. The van der Waals surface area contributed by atoms with Gasteiger partial charge in [0, 0.05) is 24.5 Å². The van der Waals surface area contributed by atoms with E-state index in [0.717, 1.165) is 17.2 Å². The first-order valence-corrected chi connectivity index (χ1v) is 12.6. The molecule has 204 valence electrons. The molecule has 2 aliphatic rings. The number of fused-ring (bicyclic) bond motifs is 2. The van der Waals surface area contributed by atoms with E-state index in [0.29, 0.717) is 47.8 Å². The summed E-state index contributed by atoms with van der Waals surface area (Å²) in [6, 6.07) is 14.5. The lowest BCUT2D eigenvalue weighted by atomic mass is 9.92. The van der Waals surface area contributed by atoms with Gasteiger partial charge in [-0.05, 0) is 65.8 Å². The molecule has 3 aromatic carbocycles. The predicted molar refractivity (Wildman–Crippen MR) is 135 cm³/mol. The number of carbonyl (C=O) groups excluding carboxylic acids is 2. The van der Waals surface area contributed by atoms with Gasteiger partial charge in [-0.3, -0.25) is 9.59 Å². The van der Waals surface area contributed by atoms with Gasteiger partial charge in [0.25, 0.3) is 0 Å². The Morgan fingerprint density at radius 1 is 1.00 bits per heavy atom. The summed E-state index contributed by atoms with van der Waals surface area (Å²) in [6.07, 6.45) is -3.61. The molecule has 39 heavy (non-hydrogen) atoms. The summed E-state index contributed by atoms with van der Waals surface area (Å²) in [7, 11) is 1.35. The van der Waals surface area contributed by atoms with Crippen molar-refractivity contribution < 1.29 is 41.7 Å². The van der Waals surface area contributed by atoms with Crippen molar-refractivity contribution in [2.75, 3.05) is 13.7 Å². The largest absolute Gasteiger partial charge is 0.492 e. The highest BCUT2D eigenvalue weighted by Gasteiger charge is 2.37. The van der Waals surface area contributed by atoms with E-state index in [9.17, 15) is 22.8 Å². The summed E-state index contributed by atoms with van der Waals surface area (Å²) in [5, 5.41) is 0. The van der Waals surface area contributed by atoms with Gasteiger partial charge in [0.15, 0.2) is 0 Å². The second-order valence-corrected chi connectivity index (χ2v) is 9.70. The van der Waals surface area contributed by atoms with E-state index in [1.807, 2.05) is 6.07 Å². The van der Waals surface area contributed by atoms with Gasteiger partial charge in [-0.2, -0.15) is 13.2 Å². The Labute approximate surface area is 223 Å². The molecule has 3 aromatic rings. The van der Waals surface area contributed by atoms with E-state index >= 15 is 0 Å². The monoisotopic (exact) mass is 540 g/mol. The number of hydrogen-bond donors (Lipinski definition) is 0. The fourth-order valence-electron chi connectivity index (χ4n) is 5.32. The molecule has 0 N–H and O–H groups in total. The fraction of sp³-hybridized carbons (Fsp3) is 0.333. The van der Waals surface area contributed by atoms with Crippen molar-refractivity contribution in [1.82, 2.24) is 0 Å². The van der Waals surface area contributed by atoms with E-state index in [1.54, 1.807) is 36.4 Å². The molecule has 1 unspecified atom stereocenters. The van der Waals surface area contributed by atoms with Gasteiger partial charge in [-0.1, -0.05) is 24.3 Å². The molecular formula is C30H27F3O6. The molecule has 1 heterocycles. The van der Waals surface area contributed by atoms with Crippen molar-refractivity contribution in [3.8, 4) is 17.2 Å². The van der Waals surface area contributed by atoms with Crippen LogP contribution < -0.4 is 14.2 Å². The third kappa shape index (κ3) is 5.72. The number of hydrogen-bond acceptors (Lipinski definition) is 6. The number of ether oxygens (including phenoxy) is 4. The topological polar surface area (TPSA) is 71.1 Å². The van der Waals surface area contributed by atoms with Crippen LogP contribution in [0.1, 0.15) is 65.2 Å². The first-order chi connectivity index (χ1) is 18.6. The van der Waals surface area contributed by atoms with Crippen molar-refractivity contribution in [2.45, 2.75) is 50.8 Å². The van der Waals surface area contributed by atoms with Crippen LogP contribution in [0.5, 0.6) is 17.2 Å². The number of rotatable bonds is 7. The molecule has 0 saturated carbocycles. The summed E-state index contributed by atoms with van der Waals surface area (Å²) in [6.45, 7) is 1.65. The first-order valence-electron chi connectivity index (χ1n) is 12.6. The lowest BCUT2D eigenvalue weighted by Gasteiger charge is -2.20. The number of esters is 2. The van der Waals surface area contributed by atoms with Crippen LogP contribution in [0.3, 0.4) is 0 Å². The average molecular weight is 541 g/mol. The molecule has 0 bridgehead atoms. The number of methoxy groups -OCH3 is 1. The third-order valence-corrected chi connectivity index (χ3v) is 7.13. The zero-order valence-electron chi connectivity index (χ0n) is 21.5. The first kappa shape index (κ1) is 26.6. The van der Waals surface area contributed by atoms with Crippen molar-refractivity contribution >= 4 is 11.9 Å². The van der Waals surface area contributed by atoms with Crippen LogP contribution in [0.2, 0.25) is 0 Å². The summed E-state index contributed by atoms with van der Waals surface area (Å²) in [4.78, 5) is 22.9. The third-order valence-electron chi connectivity index (χ3n) is 7.13. The maximum absolute atomic E-state index is 14.0. The molecule has 0 saturated heterocycles. The van der Waals surface area contributed by atoms with Gasteiger partial charge >= 0.3 is 18.1 Å². The molecule has 0 aromatic heterocycles. The van der Waals surface area contributed by atoms with Crippen LogP contribution in [-0.4, -0.2) is 25.7 Å². The summed E-state index contributed by atoms with van der Waals surface area (Å²) < 4.78 is 63.8. The molecular weight excluding hydrogens is 513 g/mol. The van der Waals surface area contributed by atoms with Gasteiger partial charge in [0.1, 0.15) is 23.4 Å². The van der Waals surface area contributed by atoms with Crippen LogP contribution in [-0.2, 0) is 33.3 Å². The SMILES string of the molecule is COC(=O)CC1COc2cc(O[C@@H]3CCc4c3ccc(C(F)(F)F)c4Cc3ccc(OC(C)=O)cc3)ccc21. The van der Waals surface area contributed by atoms with Crippen LogP contribution in [0, 0.1) is 0 Å². The zero-order chi connectivity index (χ0) is 27.7. The molecule has 0 radical (unpaired) electrons. The Morgan fingerprint density at radius 3 is 2.41 bits per heavy atom. The zero-order valence-corrected chi connectivity index (χ0v) is 21.5. The van der Waals surface area contributed by atoms with Crippen molar-refractivity contribution in [2.24, 2.45) is 0 Å². The van der Waals surface area contributed by atoms with Gasteiger partial charge < -0.3 is 18.9 Å². The lowest BCUT2D eigenvalue weighted by molar-refractivity contribution is -0.141. The van der Waals surface area contributed by atoms with E-state index in [-0.39, 0.29) is 30.3 Å². The smallest absolute Gasteiger partial charge is 0.416 e.